The summed E-state index contributed by atoms with van der Waals surface area (Å²) in [6.07, 6.45) is 10.6. The molecule has 3 heteroatoms. The van der Waals surface area contributed by atoms with Gasteiger partial charge in [-0.2, -0.15) is 0 Å². The van der Waals surface area contributed by atoms with Gasteiger partial charge in [-0.15, -0.1) is 0 Å². The number of allylic oxidation sites excluding steroid dienone is 4. The molecular weight excluding hydrogens is 426 g/mol. The van der Waals surface area contributed by atoms with Crippen LogP contribution >= 0.6 is 0 Å². The van der Waals surface area contributed by atoms with Crippen molar-refractivity contribution < 1.29 is 0 Å². The van der Waals surface area contributed by atoms with Crippen LogP contribution in [0.4, 0.5) is 11.4 Å². The van der Waals surface area contributed by atoms with Gasteiger partial charge in [0.1, 0.15) is 0 Å². The fraction of sp³-hybridized carbons (Fsp3) is 0.0625. The van der Waals surface area contributed by atoms with E-state index in [2.05, 4.69) is 137 Å². The lowest BCUT2D eigenvalue weighted by atomic mass is 10.1. The van der Waals surface area contributed by atoms with E-state index in [-0.39, 0.29) is 0 Å². The van der Waals surface area contributed by atoms with Crippen LogP contribution in [0.25, 0.3) is 39.6 Å². The summed E-state index contributed by atoms with van der Waals surface area (Å²) >= 11 is 0. The van der Waals surface area contributed by atoms with Crippen LogP contribution in [0.2, 0.25) is 0 Å². The zero-order valence-corrected chi connectivity index (χ0v) is 19.9. The van der Waals surface area contributed by atoms with Crippen molar-refractivity contribution in [2.24, 2.45) is 0 Å². The number of benzene rings is 4. The Balaban J connectivity index is 1.64. The largest absolute Gasteiger partial charge is 0.309 e. The highest BCUT2D eigenvalue weighted by Crippen LogP contribution is 2.41. The second kappa shape index (κ2) is 8.69. The minimum atomic E-state index is 1.07. The third kappa shape index (κ3) is 3.62. The van der Waals surface area contributed by atoms with E-state index in [0.29, 0.717) is 0 Å². The maximum Gasteiger partial charge on any atom is 0.0710 e. The van der Waals surface area contributed by atoms with E-state index in [9.17, 15) is 0 Å². The molecule has 0 saturated carbocycles. The van der Waals surface area contributed by atoms with Crippen LogP contribution in [-0.2, 0) is 0 Å². The number of hydrazine groups is 1. The Labute approximate surface area is 205 Å². The predicted molar refractivity (Wildman–Crippen MR) is 150 cm³/mol. The van der Waals surface area contributed by atoms with Gasteiger partial charge in [-0.1, -0.05) is 78.9 Å². The van der Waals surface area contributed by atoms with Gasteiger partial charge in [-0.3, -0.25) is 10.4 Å². The van der Waals surface area contributed by atoms with Crippen molar-refractivity contribution in [3.63, 3.8) is 0 Å². The predicted octanol–water partition coefficient (Wildman–Crippen LogP) is 8.39. The molecule has 2 heterocycles. The van der Waals surface area contributed by atoms with E-state index >= 15 is 0 Å². The van der Waals surface area contributed by atoms with Gasteiger partial charge in [0.15, 0.2) is 0 Å². The first-order chi connectivity index (χ1) is 17.2. The number of anilines is 2. The Hall–Kier alpha value is -4.50. The zero-order valence-electron chi connectivity index (χ0n) is 19.9. The molecule has 0 atom stereocenters. The van der Waals surface area contributed by atoms with Crippen molar-refractivity contribution >= 4 is 45.3 Å². The molecule has 5 aromatic rings. The average Bonchev–Trinajstić information content (AvgIpc) is 3.14. The molecule has 35 heavy (non-hydrogen) atoms. The lowest BCUT2D eigenvalue weighted by Gasteiger charge is -2.29. The molecule has 1 aliphatic rings. The maximum absolute atomic E-state index is 3.65. The number of nitrogens with one attached hydrogen (secondary N) is 1. The second-order valence-electron chi connectivity index (χ2n) is 8.83. The summed E-state index contributed by atoms with van der Waals surface area (Å²) in [5.41, 5.74) is 12.9. The van der Waals surface area contributed by atoms with Crippen molar-refractivity contribution in [1.29, 1.82) is 0 Å². The molecule has 0 spiro atoms. The summed E-state index contributed by atoms with van der Waals surface area (Å²) in [7, 11) is 0. The molecule has 1 N–H and O–H groups in total. The first-order valence-corrected chi connectivity index (χ1v) is 12.0. The molecule has 170 valence electrons. The van der Waals surface area contributed by atoms with Crippen LogP contribution in [0.15, 0.2) is 115 Å². The Kier molecular flexibility index (Phi) is 5.23. The van der Waals surface area contributed by atoms with Crippen LogP contribution in [0.3, 0.4) is 0 Å². The molecule has 3 nitrogen and oxygen atoms in total. The number of aromatic nitrogens is 1. The van der Waals surface area contributed by atoms with E-state index in [0.717, 1.165) is 17.1 Å². The summed E-state index contributed by atoms with van der Waals surface area (Å²) in [5, 5.41) is 4.70. The number of fused-ring (bicyclic) bond motifs is 5. The molecule has 6 rings (SSSR count). The quantitative estimate of drug-likeness (QED) is 0.276. The van der Waals surface area contributed by atoms with Gasteiger partial charge in [0.2, 0.25) is 0 Å². The summed E-state index contributed by atoms with van der Waals surface area (Å²) < 4.78 is 2.37. The summed E-state index contributed by atoms with van der Waals surface area (Å²) in [5.74, 6) is 0. The molecule has 4 aromatic carbocycles. The van der Waals surface area contributed by atoms with E-state index in [1.165, 1.54) is 38.6 Å². The molecular formula is C32H27N3. The van der Waals surface area contributed by atoms with Gasteiger partial charge >= 0.3 is 0 Å². The molecule has 0 saturated heterocycles. The first kappa shape index (κ1) is 21.1. The number of hydrogen-bond donors (Lipinski definition) is 1. The molecule has 1 aromatic heterocycles. The third-order valence-corrected chi connectivity index (χ3v) is 6.52. The summed E-state index contributed by atoms with van der Waals surface area (Å²) in [6, 6.07) is 32.4. The molecule has 0 unspecified atom stereocenters. The standard InChI is InChI=1S/C32H27N3/c1-3-4-12-23(2)33-35-29-17-10-8-13-24(29)19-20-25-21-32-28(22-31(25)35)27-16-9-11-18-30(27)34(32)26-14-6-5-7-15-26/h3-22,33H,1-2H3/b4-3-,23-12-. The normalized spacial score (nSPS) is 13.3. The first-order valence-electron chi connectivity index (χ1n) is 12.0. The highest BCUT2D eigenvalue weighted by atomic mass is 15.5. The smallest absolute Gasteiger partial charge is 0.0710 e. The van der Waals surface area contributed by atoms with Crippen LogP contribution in [0.1, 0.15) is 25.0 Å². The van der Waals surface area contributed by atoms with Crippen LogP contribution in [-0.4, -0.2) is 4.57 Å². The highest BCUT2D eigenvalue weighted by molar-refractivity contribution is 6.12. The Morgan fingerprint density at radius 2 is 1.46 bits per heavy atom. The van der Waals surface area contributed by atoms with Gasteiger partial charge in [-0.25, -0.2) is 0 Å². The molecule has 1 aliphatic heterocycles. The van der Waals surface area contributed by atoms with Crippen molar-refractivity contribution in [2.75, 3.05) is 5.01 Å². The highest BCUT2D eigenvalue weighted by Gasteiger charge is 2.21. The van der Waals surface area contributed by atoms with Crippen molar-refractivity contribution in [3.05, 3.63) is 126 Å². The molecule has 0 radical (unpaired) electrons. The van der Waals surface area contributed by atoms with Gasteiger partial charge < -0.3 is 4.57 Å². The fourth-order valence-corrected chi connectivity index (χ4v) is 4.92. The van der Waals surface area contributed by atoms with Crippen LogP contribution < -0.4 is 10.4 Å². The fourth-order valence-electron chi connectivity index (χ4n) is 4.92. The Morgan fingerprint density at radius 1 is 0.714 bits per heavy atom. The Bertz CT molecular complexity index is 1630. The van der Waals surface area contributed by atoms with Crippen molar-refractivity contribution in [2.45, 2.75) is 13.8 Å². The maximum atomic E-state index is 3.65. The van der Waals surface area contributed by atoms with Gasteiger partial charge in [0.05, 0.1) is 22.4 Å². The van der Waals surface area contributed by atoms with Gasteiger partial charge in [0, 0.05) is 33.3 Å². The summed E-state index contributed by atoms with van der Waals surface area (Å²) in [4.78, 5) is 0. The SMILES string of the molecule is C/C=C\C=C(\C)NN1c2ccccc2C=Cc2cc3c(cc21)c1ccccc1n3-c1ccccc1. The second-order valence-corrected chi connectivity index (χ2v) is 8.83. The number of nitrogens with zero attached hydrogens (tertiary/aromatic N) is 2. The van der Waals surface area contributed by atoms with Gasteiger partial charge in [-0.05, 0) is 56.3 Å². The third-order valence-electron chi connectivity index (χ3n) is 6.52. The number of para-hydroxylation sites is 3. The monoisotopic (exact) mass is 453 g/mol. The zero-order chi connectivity index (χ0) is 23.8. The topological polar surface area (TPSA) is 20.2 Å². The average molecular weight is 454 g/mol. The van der Waals surface area contributed by atoms with Crippen LogP contribution in [0.5, 0.6) is 0 Å². The number of rotatable bonds is 4. The van der Waals surface area contributed by atoms with Crippen molar-refractivity contribution in [3.8, 4) is 5.69 Å². The lowest BCUT2D eigenvalue weighted by molar-refractivity contribution is 0.827. The van der Waals surface area contributed by atoms with E-state index in [1.807, 2.05) is 13.0 Å². The minimum absolute atomic E-state index is 1.07. The Morgan fingerprint density at radius 3 is 2.31 bits per heavy atom. The molecule has 0 aliphatic carbocycles. The number of hydrogen-bond acceptors (Lipinski definition) is 2. The molecule has 0 amide bonds. The van der Waals surface area contributed by atoms with E-state index in [1.54, 1.807) is 0 Å². The summed E-state index contributed by atoms with van der Waals surface area (Å²) in [6.45, 7) is 4.13. The van der Waals surface area contributed by atoms with E-state index < -0.39 is 0 Å². The lowest BCUT2D eigenvalue weighted by Crippen LogP contribution is -2.33. The van der Waals surface area contributed by atoms with E-state index in [4.69, 9.17) is 0 Å². The molecule has 0 fully saturated rings. The van der Waals surface area contributed by atoms with Gasteiger partial charge in [0.25, 0.3) is 0 Å². The minimum Gasteiger partial charge on any atom is -0.309 e. The van der Waals surface area contributed by atoms with Crippen LogP contribution in [0, 0.1) is 0 Å². The van der Waals surface area contributed by atoms with Crippen molar-refractivity contribution in [1.82, 2.24) is 9.99 Å². The molecule has 0 bridgehead atoms.